The van der Waals surface area contributed by atoms with Crippen molar-refractivity contribution in [2.45, 2.75) is 12.5 Å². The van der Waals surface area contributed by atoms with E-state index in [2.05, 4.69) is 12.1 Å². The number of rotatable bonds is 3. The van der Waals surface area contributed by atoms with E-state index in [9.17, 15) is 5.11 Å². The van der Waals surface area contributed by atoms with Crippen molar-refractivity contribution in [2.24, 2.45) is 0 Å². The summed E-state index contributed by atoms with van der Waals surface area (Å²) in [6.07, 6.45) is 0. The Kier molecular flexibility index (Phi) is 5.34. The molecule has 0 aliphatic heterocycles. The molecule has 0 saturated heterocycles. The van der Waals surface area contributed by atoms with Gasteiger partial charge in [-0.05, 0) is 18.1 Å². The molecule has 0 spiro atoms. The van der Waals surface area contributed by atoms with Gasteiger partial charge in [0.2, 0.25) is 0 Å². The minimum absolute atomic E-state index is 0. The SMILES string of the molecule is Cc1ccccc1C(O)(c1[c-]cccc1)c1[c-]cccc1.[W+2]. The summed E-state index contributed by atoms with van der Waals surface area (Å²) in [5, 5.41) is 11.5. The number of hydrogen-bond donors (Lipinski definition) is 1. The molecule has 3 aromatic carbocycles. The van der Waals surface area contributed by atoms with Crippen LogP contribution in [0.2, 0.25) is 0 Å². The molecule has 0 aliphatic carbocycles. The fraction of sp³-hybridized carbons (Fsp3) is 0.100. The molecular weight excluding hydrogens is 440 g/mol. The molecule has 0 unspecified atom stereocenters. The predicted molar refractivity (Wildman–Crippen MR) is 83.8 cm³/mol. The second kappa shape index (κ2) is 7.05. The van der Waals surface area contributed by atoms with Crippen molar-refractivity contribution in [3.05, 3.63) is 107 Å². The minimum atomic E-state index is -1.24. The van der Waals surface area contributed by atoms with Crippen molar-refractivity contribution in [3.63, 3.8) is 0 Å². The van der Waals surface area contributed by atoms with E-state index in [1.165, 1.54) is 0 Å². The predicted octanol–water partition coefficient (Wildman–Crippen LogP) is 3.88. The quantitative estimate of drug-likeness (QED) is 0.469. The number of aryl methyl sites for hydroxylation is 1. The molecule has 0 atom stereocenters. The second-order valence-corrected chi connectivity index (χ2v) is 5.08. The van der Waals surface area contributed by atoms with Gasteiger partial charge in [-0.15, -0.1) is 11.1 Å². The first-order valence-corrected chi connectivity index (χ1v) is 6.96. The molecule has 1 nitrogen and oxygen atoms in total. The summed E-state index contributed by atoms with van der Waals surface area (Å²) in [5.41, 5.74) is 2.10. The van der Waals surface area contributed by atoms with Gasteiger partial charge in [-0.25, -0.2) is 0 Å². The van der Waals surface area contributed by atoms with Crippen molar-refractivity contribution in [2.75, 3.05) is 0 Å². The first-order chi connectivity index (χ1) is 10.2. The summed E-state index contributed by atoms with van der Waals surface area (Å²) in [4.78, 5) is 0. The fourth-order valence-electron chi connectivity index (χ4n) is 2.65. The van der Waals surface area contributed by atoms with Crippen molar-refractivity contribution in [3.8, 4) is 0 Å². The van der Waals surface area contributed by atoms with Crippen LogP contribution in [0.15, 0.2) is 72.8 Å². The third kappa shape index (κ3) is 2.92. The van der Waals surface area contributed by atoms with Gasteiger partial charge in [-0.3, -0.25) is 0 Å². The van der Waals surface area contributed by atoms with E-state index in [0.29, 0.717) is 0 Å². The van der Waals surface area contributed by atoms with E-state index >= 15 is 0 Å². The van der Waals surface area contributed by atoms with Crippen LogP contribution in [0.3, 0.4) is 0 Å². The maximum absolute atomic E-state index is 11.5. The Balaban J connectivity index is 0.00000176. The molecule has 0 heterocycles. The summed E-state index contributed by atoms with van der Waals surface area (Å²) in [7, 11) is 0. The Labute approximate surface area is 145 Å². The minimum Gasteiger partial charge on any atom is -0.380 e. The van der Waals surface area contributed by atoms with Gasteiger partial charge in [0.15, 0.2) is 0 Å². The van der Waals surface area contributed by atoms with Gasteiger partial charge in [-0.1, -0.05) is 24.3 Å². The molecule has 108 valence electrons. The van der Waals surface area contributed by atoms with Crippen molar-refractivity contribution >= 4 is 0 Å². The van der Waals surface area contributed by atoms with Gasteiger partial charge in [0, 0.05) is 0 Å². The molecule has 0 aromatic heterocycles. The molecule has 0 fully saturated rings. The number of benzene rings is 3. The van der Waals surface area contributed by atoms with Gasteiger partial charge in [0.05, 0.1) is 5.60 Å². The smallest absolute Gasteiger partial charge is 0.380 e. The molecule has 3 rings (SSSR count). The Morgan fingerprint density at radius 1 is 0.773 bits per heavy atom. The summed E-state index contributed by atoms with van der Waals surface area (Å²) < 4.78 is 0. The zero-order valence-corrected chi connectivity index (χ0v) is 15.2. The normalized spacial score (nSPS) is 10.8. The van der Waals surface area contributed by atoms with Crippen LogP contribution in [-0.4, -0.2) is 5.11 Å². The maximum Gasteiger partial charge on any atom is 2.00 e. The van der Waals surface area contributed by atoms with Crippen LogP contribution in [0.5, 0.6) is 0 Å². The average molecular weight is 456 g/mol. The van der Waals surface area contributed by atoms with Crippen LogP contribution < -0.4 is 0 Å². The van der Waals surface area contributed by atoms with E-state index in [1.54, 1.807) is 0 Å². The zero-order chi connectivity index (χ0) is 14.7. The van der Waals surface area contributed by atoms with Gasteiger partial charge in [0.25, 0.3) is 0 Å². The summed E-state index contributed by atoms with van der Waals surface area (Å²) in [6.45, 7) is 2.01. The van der Waals surface area contributed by atoms with Crippen LogP contribution >= 0.6 is 0 Å². The molecule has 0 amide bonds. The molecule has 1 N–H and O–H groups in total. The Bertz CT molecular complexity index is 683. The molecule has 0 bridgehead atoms. The van der Waals surface area contributed by atoms with E-state index in [0.717, 1.165) is 22.3 Å². The largest absolute Gasteiger partial charge is 2.00 e. The summed E-state index contributed by atoms with van der Waals surface area (Å²) in [5.74, 6) is 0. The van der Waals surface area contributed by atoms with E-state index in [4.69, 9.17) is 0 Å². The fourth-order valence-corrected chi connectivity index (χ4v) is 2.65. The monoisotopic (exact) mass is 456 g/mol. The average Bonchev–Trinajstić information content (AvgIpc) is 2.56. The van der Waals surface area contributed by atoms with E-state index < -0.39 is 5.60 Å². The van der Waals surface area contributed by atoms with Gasteiger partial charge >= 0.3 is 21.1 Å². The van der Waals surface area contributed by atoms with E-state index in [-0.39, 0.29) is 21.1 Å². The van der Waals surface area contributed by atoms with Crippen LogP contribution in [0.25, 0.3) is 0 Å². The maximum atomic E-state index is 11.5. The van der Waals surface area contributed by atoms with Gasteiger partial charge in [0.1, 0.15) is 0 Å². The third-order valence-corrected chi connectivity index (χ3v) is 3.73. The topological polar surface area (TPSA) is 20.2 Å². The van der Waals surface area contributed by atoms with Crippen LogP contribution in [0.4, 0.5) is 0 Å². The van der Waals surface area contributed by atoms with Crippen LogP contribution in [-0.2, 0) is 26.7 Å². The Hall–Kier alpha value is -1.69. The molecule has 3 aromatic rings. The second-order valence-electron chi connectivity index (χ2n) is 5.08. The summed E-state index contributed by atoms with van der Waals surface area (Å²) in [6, 6.07) is 29.3. The number of hydrogen-bond acceptors (Lipinski definition) is 1. The van der Waals surface area contributed by atoms with Crippen LogP contribution in [0.1, 0.15) is 22.3 Å². The van der Waals surface area contributed by atoms with E-state index in [1.807, 2.05) is 79.7 Å². The standard InChI is InChI=1S/C20H16O.W/c1-16-10-8-9-15-19(16)20(21,17-11-4-2-5-12-17)18-13-6-3-7-14-18;/h2-11,13,15,21H,1H3;/q-2;+2. The summed E-state index contributed by atoms with van der Waals surface area (Å²) >= 11 is 0. The Morgan fingerprint density at radius 3 is 1.73 bits per heavy atom. The third-order valence-electron chi connectivity index (χ3n) is 3.73. The molecule has 0 radical (unpaired) electrons. The molecule has 0 saturated carbocycles. The van der Waals surface area contributed by atoms with Crippen molar-refractivity contribution in [1.82, 2.24) is 0 Å². The zero-order valence-electron chi connectivity index (χ0n) is 12.3. The van der Waals surface area contributed by atoms with Crippen LogP contribution in [0, 0.1) is 19.1 Å². The first-order valence-electron chi connectivity index (χ1n) is 6.96. The molecule has 2 heteroatoms. The molecule has 22 heavy (non-hydrogen) atoms. The Morgan fingerprint density at radius 2 is 1.27 bits per heavy atom. The molecular formula is C20H16OW. The molecule has 0 aliphatic rings. The van der Waals surface area contributed by atoms with Crippen molar-refractivity contribution < 1.29 is 26.2 Å². The van der Waals surface area contributed by atoms with Gasteiger partial charge < -0.3 is 5.11 Å². The van der Waals surface area contributed by atoms with Gasteiger partial charge in [-0.2, -0.15) is 60.7 Å². The van der Waals surface area contributed by atoms with Crippen molar-refractivity contribution in [1.29, 1.82) is 0 Å². The number of aliphatic hydroxyl groups is 1. The first kappa shape index (κ1) is 16.7.